The molecule has 0 aliphatic carbocycles. The molecule has 2 aromatic rings. The fourth-order valence-corrected chi connectivity index (χ4v) is 5.12. The lowest BCUT2D eigenvalue weighted by Gasteiger charge is -2.35. The minimum Gasteiger partial charge on any atom is -0.398 e. The highest BCUT2D eigenvalue weighted by molar-refractivity contribution is 8.00. The van der Waals surface area contributed by atoms with E-state index in [-0.39, 0.29) is 29.5 Å². The molecule has 2 aliphatic rings. The summed E-state index contributed by atoms with van der Waals surface area (Å²) in [5.41, 5.74) is 7.95. The number of nitrogens with zero attached hydrogens (tertiary/aromatic N) is 2. The van der Waals surface area contributed by atoms with Crippen LogP contribution in [0, 0.1) is 0 Å². The molecule has 1 atom stereocenters. The van der Waals surface area contributed by atoms with Gasteiger partial charge in [-0.05, 0) is 30.5 Å². The molecule has 2 heterocycles. The molecule has 2 aliphatic heterocycles. The van der Waals surface area contributed by atoms with Crippen molar-refractivity contribution in [2.45, 2.75) is 42.0 Å². The summed E-state index contributed by atoms with van der Waals surface area (Å²) in [6.07, 6.45) is 1.95. The second-order valence-electron chi connectivity index (χ2n) is 7.44. The molecular weight excluding hydrogens is 370 g/mol. The largest absolute Gasteiger partial charge is 0.398 e. The standard InChI is InChI=1S/C22H25N3O2S/c23-18-8-4-5-9-19(18)28-20-14-21(26)25(22(20)27)17-10-12-24(13-11-17)15-16-6-2-1-3-7-16/h1-9,17,20H,10-15,23H2. The lowest BCUT2D eigenvalue weighted by atomic mass is 10.0. The SMILES string of the molecule is Nc1ccccc1SC1CC(=O)N(C2CCN(Cc3ccccc3)CC2)C1=O. The van der Waals surface area contributed by atoms with Gasteiger partial charge in [0.1, 0.15) is 0 Å². The van der Waals surface area contributed by atoms with Crippen LogP contribution in [0.5, 0.6) is 0 Å². The van der Waals surface area contributed by atoms with E-state index in [1.807, 2.05) is 30.3 Å². The van der Waals surface area contributed by atoms with Crippen LogP contribution in [0.25, 0.3) is 0 Å². The molecule has 28 heavy (non-hydrogen) atoms. The number of hydrogen-bond donors (Lipinski definition) is 1. The smallest absolute Gasteiger partial charge is 0.243 e. The number of nitrogens with two attached hydrogens (primary N) is 1. The van der Waals surface area contributed by atoms with Gasteiger partial charge in [-0.3, -0.25) is 19.4 Å². The number of thioether (sulfide) groups is 1. The van der Waals surface area contributed by atoms with Crippen LogP contribution in [0.4, 0.5) is 5.69 Å². The predicted molar refractivity (Wildman–Crippen MR) is 112 cm³/mol. The first-order valence-electron chi connectivity index (χ1n) is 9.75. The molecular formula is C22H25N3O2S. The maximum atomic E-state index is 12.9. The third-order valence-corrected chi connectivity index (χ3v) is 6.78. The monoisotopic (exact) mass is 395 g/mol. The van der Waals surface area contributed by atoms with E-state index in [0.717, 1.165) is 37.4 Å². The highest BCUT2D eigenvalue weighted by Crippen LogP contribution is 2.36. The predicted octanol–water partition coefficient (Wildman–Crippen LogP) is 3.15. The summed E-state index contributed by atoms with van der Waals surface area (Å²) in [6, 6.07) is 17.9. The lowest BCUT2D eigenvalue weighted by Crippen LogP contribution is -2.47. The van der Waals surface area contributed by atoms with Gasteiger partial charge in [0, 0.05) is 42.7 Å². The van der Waals surface area contributed by atoms with Crippen LogP contribution >= 0.6 is 11.8 Å². The molecule has 1 unspecified atom stereocenters. The Labute approximate surface area is 169 Å². The summed E-state index contributed by atoms with van der Waals surface area (Å²) in [5, 5.41) is -0.362. The maximum Gasteiger partial charge on any atom is 0.243 e. The fraction of sp³-hybridized carbons (Fsp3) is 0.364. The molecule has 2 saturated heterocycles. The van der Waals surface area contributed by atoms with Crippen molar-refractivity contribution in [2.24, 2.45) is 0 Å². The van der Waals surface area contributed by atoms with Gasteiger partial charge in [-0.1, -0.05) is 42.5 Å². The number of imide groups is 1. The van der Waals surface area contributed by atoms with Crippen molar-refractivity contribution < 1.29 is 9.59 Å². The van der Waals surface area contributed by atoms with Crippen molar-refractivity contribution in [2.75, 3.05) is 18.8 Å². The molecule has 0 bridgehead atoms. The molecule has 5 nitrogen and oxygen atoms in total. The Balaban J connectivity index is 1.35. The highest BCUT2D eigenvalue weighted by Gasteiger charge is 2.43. The number of nitrogen functional groups attached to an aromatic ring is 1. The Bertz CT molecular complexity index is 850. The van der Waals surface area contributed by atoms with E-state index in [9.17, 15) is 9.59 Å². The van der Waals surface area contributed by atoms with E-state index in [1.165, 1.54) is 22.2 Å². The lowest BCUT2D eigenvalue weighted by molar-refractivity contribution is -0.142. The second kappa shape index (κ2) is 8.37. The van der Waals surface area contributed by atoms with E-state index in [1.54, 1.807) is 0 Å². The van der Waals surface area contributed by atoms with Crippen LogP contribution in [0.15, 0.2) is 59.5 Å². The summed E-state index contributed by atoms with van der Waals surface area (Å²) in [6.45, 7) is 2.72. The Morgan fingerprint density at radius 1 is 0.964 bits per heavy atom. The number of rotatable bonds is 5. The number of likely N-dealkylation sites (tertiary alicyclic amines) is 2. The minimum atomic E-state index is -0.362. The summed E-state index contributed by atoms with van der Waals surface area (Å²) < 4.78 is 0. The fourth-order valence-electron chi connectivity index (χ4n) is 4.02. The first-order chi connectivity index (χ1) is 13.6. The first-order valence-corrected chi connectivity index (χ1v) is 10.6. The van der Waals surface area contributed by atoms with Crippen LogP contribution in [-0.4, -0.2) is 46.0 Å². The average Bonchev–Trinajstić information content (AvgIpc) is 2.98. The number of piperidine rings is 1. The number of carbonyl (C=O) groups is 2. The van der Waals surface area contributed by atoms with E-state index in [4.69, 9.17) is 5.73 Å². The van der Waals surface area contributed by atoms with Crippen LogP contribution in [0.2, 0.25) is 0 Å². The van der Waals surface area contributed by atoms with Gasteiger partial charge in [-0.25, -0.2) is 0 Å². The number of para-hydroxylation sites is 1. The normalized spacial score (nSPS) is 21.4. The molecule has 146 valence electrons. The topological polar surface area (TPSA) is 66.6 Å². The zero-order valence-corrected chi connectivity index (χ0v) is 16.6. The number of amides is 2. The Kier molecular flexibility index (Phi) is 5.69. The number of benzene rings is 2. The quantitative estimate of drug-likeness (QED) is 0.622. The van der Waals surface area contributed by atoms with Crippen molar-refractivity contribution in [1.29, 1.82) is 0 Å². The molecule has 0 saturated carbocycles. The van der Waals surface area contributed by atoms with Gasteiger partial charge >= 0.3 is 0 Å². The van der Waals surface area contributed by atoms with Crippen molar-refractivity contribution in [1.82, 2.24) is 9.80 Å². The Morgan fingerprint density at radius 3 is 2.36 bits per heavy atom. The molecule has 2 N–H and O–H groups in total. The molecule has 6 heteroatoms. The van der Waals surface area contributed by atoms with Crippen LogP contribution in [0.1, 0.15) is 24.8 Å². The highest BCUT2D eigenvalue weighted by atomic mass is 32.2. The summed E-state index contributed by atoms with van der Waals surface area (Å²) in [4.78, 5) is 30.3. The van der Waals surface area contributed by atoms with Gasteiger partial charge in [0.25, 0.3) is 0 Å². The molecule has 0 aromatic heterocycles. The van der Waals surface area contributed by atoms with Gasteiger partial charge in [-0.2, -0.15) is 0 Å². The van der Waals surface area contributed by atoms with E-state index in [0.29, 0.717) is 5.69 Å². The van der Waals surface area contributed by atoms with E-state index < -0.39 is 0 Å². The van der Waals surface area contributed by atoms with Gasteiger partial charge in [0.15, 0.2) is 0 Å². The van der Waals surface area contributed by atoms with E-state index >= 15 is 0 Å². The van der Waals surface area contributed by atoms with E-state index in [2.05, 4.69) is 29.2 Å². The molecule has 2 aromatic carbocycles. The second-order valence-corrected chi connectivity index (χ2v) is 8.69. The van der Waals surface area contributed by atoms with Gasteiger partial charge in [-0.15, -0.1) is 11.8 Å². The third-order valence-electron chi connectivity index (χ3n) is 5.50. The van der Waals surface area contributed by atoms with Crippen LogP contribution in [0.3, 0.4) is 0 Å². The average molecular weight is 396 g/mol. The molecule has 2 fully saturated rings. The molecule has 0 radical (unpaired) electrons. The number of carbonyl (C=O) groups excluding carboxylic acids is 2. The van der Waals surface area contributed by atoms with Crippen LogP contribution < -0.4 is 5.73 Å². The zero-order valence-electron chi connectivity index (χ0n) is 15.8. The minimum absolute atomic E-state index is 0.0192. The van der Waals surface area contributed by atoms with Crippen molar-refractivity contribution in [3.8, 4) is 0 Å². The first kappa shape index (κ1) is 19.0. The van der Waals surface area contributed by atoms with Gasteiger partial charge < -0.3 is 5.73 Å². The molecule has 0 spiro atoms. The third kappa shape index (κ3) is 4.08. The van der Waals surface area contributed by atoms with Crippen molar-refractivity contribution in [3.63, 3.8) is 0 Å². The van der Waals surface area contributed by atoms with Crippen molar-refractivity contribution in [3.05, 3.63) is 60.2 Å². The summed E-state index contributed by atoms with van der Waals surface area (Å²) in [5.74, 6) is -0.0988. The summed E-state index contributed by atoms with van der Waals surface area (Å²) in [7, 11) is 0. The number of anilines is 1. The van der Waals surface area contributed by atoms with Gasteiger partial charge in [0.05, 0.1) is 5.25 Å². The maximum absolute atomic E-state index is 12.9. The molecule has 4 rings (SSSR count). The Morgan fingerprint density at radius 2 is 1.64 bits per heavy atom. The zero-order chi connectivity index (χ0) is 19.5. The van der Waals surface area contributed by atoms with Crippen molar-refractivity contribution >= 4 is 29.3 Å². The van der Waals surface area contributed by atoms with Gasteiger partial charge in [0.2, 0.25) is 11.8 Å². The Hall–Kier alpha value is -2.31. The number of hydrogen-bond acceptors (Lipinski definition) is 5. The summed E-state index contributed by atoms with van der Waals surface area (Å²) >= 11 is 1.41. The van der Waals surface area contributed by atoms with Crippen LogP contribution in [-0.2, 0) is 16.1 Å². The molecule has 2 amide bonds.